The maximum Gasteiger partial charge on any atom is 0.241 e. The lowest BCUT2D eigenvalue weighted by Gasteiger charge is -2.31. The van der Waals surface area contributed by atoms with Crippen LogP contribution in [-0.4, -0.2) is 35.0 Å². The number of hydrogen-bond acceptors (Lipinski definition) is 4. The van der Waals surface area contributed by atoms with Crippen molar-refractivity contribution < 1.29 is 14.3 Å². The number of imidazole rings is 1. The van der Waals surface area contributed by atoms with Crippen LogP contribution < -0.4 is 15.0 Å². The van der Waals surface area contributed by atoms with Crippen LogP contribution >= 0.6 is 0 Å². The minimum atomic E-state index is -0.747. The standard InChI is InChI=1S/C19H22N4O3/c1-22-11-20-17-16(22)9-15(19(25)23(17)10-12-6-7-12)18(24)21-13-4-3-5-14(8-13)26-2/h3-5,8,11-12,15H,6-7,9-10H2,1-2H3,(H,21,24)/t15-/m1/s1. The molecule has 136 valence electrons. The van der Waals surface area contributed by atoms with Crippen molar-refractivity contribution >= 4 is 23.3 Å². The largest absolute Gasteiger partial charge is 0.497 e. The number of rotatable bonds is 5. The molecule has 1 aliphatic carbocycles. The Morgan fingerprint density at radius 1 is 1.38 bits per heavy atom. The smallest absolute Gasteiger partial charge is 0.241 e. The molecule has 1 saturated carbocycles. The van der Waals surface area contributed by atoms with Gasteiger partial charge in [0, 0.05) is 31.8 Å². The van der Waals surface area contributed by atoms with Crippen LogP contribution in [0.2, 0.25) is 0 Å². The lowest BCUT2D eigenvalue weighted by atomic mass is 9.95. The van der Waals surface area contributed by atoms with Gasteiger partial charge in [-0.1, -0.05) is 6.07 Å². The zero-order valence-electron chi connectivity index (χ0n) is 14.9. The number of fused-ring (bicyclic) bond motifs is 1. The second kappa shape index (κ2) is 6.48. The summed E-state index contributed by atoms with van der Waals surface area (Å²) in [5.74, 6) is 0.674. The van der Waals surface area contributed by atoms with Gasteiger partial charge in [-0.25, -0.2) is 4.98 Å². The molecule has 2 heterocycles. The molecule has 1 fully saturated rings. The van der Waals surface area contributed by atoms with Gasteiger partial charge in [0.25, 0.3) is 0 Å². The van der Waals surface area contributed by atoms with Gasteiger partial charge in [0.05, 0.1) is 19.1 Å². The molecule has 2 aromatic rings. The van der Waals surface area contributed by atoms with Crippen molar-refractivity contribution in [2.75, 3.05) is 23.9 Å². The van der Waals surface area contributed by atoms with E-state index in [0.29, 0.717) is 36.1 Å². The van der Waals surface area contributed by atoms with Gasteiger partial charge in [0.15, 0.2) is 5.82 Å². The Morgan fingerprint density at radius 2 is 2.19 bits per heavy atom. The predicted molar refractivity (Wildman–Crippen MR) is 97.1 cm³/mol. The van der Waals surface area contributed by atoms with Gasteiger partial charge in [0.2, 0.25) is 11.8 Å². The number of aromatic nitrogens is 2. The summed E-state index contributed by atoms with van der Waals surface area (Å²) in [7, 11) is 3.47. The monoisotopic (exact) mass is 354 g/mol. The normalized spacial score (nSPS) is 19.2. The van der Waals surface area contributed by atoms with E-state index in [9.17, 15) is 9.59 Å². The quantitative estimate of drug-likeness (QED) is 0.833. The number of ether oxygens (including phenoxy) is 1. The highest BCUT2D eigenvalue weighted by Gasteiger charge is 2.41. The average molecular weight is 354 g/mol. The second-order valence-corrected chi connectivity index (χ2v) is 7.00. The predicted octanol–water partition coefficient (Wildman–Crippen LogP) is 1.98. The molecule has 0 radical (unpaired) electrons. The molecule has 1 atom stereocenters. The van der Waals surface area contributed by atoms with Crippen LogP contribution in [0.1, 0.15) is 18.5 Å². The number of methoxy groups -OCH3 is 1. The zero-order valence-corrected chi connectivity index (χ0v) is 14.9. The van der Waals surface area contributed by atoms with Gasteiger partial charge in [-0.2, -0.15) is 0 Å². The van der Waals surface area contributed by atoms with Crippen molar-refractivity contribution in [1.82, 2.24) is 9.55 Å². The molecule has 2 amide bonds. The molecule has 1 aromatic heterocycles. The molecule has 4 rings (SSSR count). The van der Waals surface area contributed by atoms with E-state index in [-0.39, 0.29) is 11.8 Å². The molecule has 1 aromatic carbocycles. The van der Waals surface area contributed by atoms with E-state index < -0.39 is 5.92 Å². The minimum Gasteiger partial charge on any atom is -0.497 e. The third kappa shape index (κ3) is 3.05. The Labute approximate surface area is 152 Å². The Bertz CT molecular complexity index is 856. The first-order valence-electron chi connectivity index (χ1n) is 8.83. The van der Waals surface area contributed by atoms with Gasteiger partial charge in [-0.15, -0.1) is 0 Å². The van der Waals surface area contributed by atoms with E-state index in [1.54, 1.807) is 42.6 Å². The lowest BCUT2D eigenvalue weighted by molar-refractivity contribution is -0.131. The fourth-order valence-electron chi connectivity index (χ4n) is 3.35. The number of carbonyl (C=O) groups excluding carboxylic acids is 2. The lowest BCUT2D eigenvalue weighted by Crippen LogP contribution is -2.47. The Balaban J connectivity index is 1.58. The number of hydrogen-bond donors (Lipinski definition) is 1. The van der Waals surface area contributed by atoms with Gasteiger partial charge in [0.1, 0.15) is 11.7 Å². The van der Waals surface area contributed by atoms with Crippen molar-refractivity contribution in [3.8, 4) is 5.75 Å². The second-order valence-electron chi connectivity index (χ2n) is 7.00. The molecule has 2 aliphatic rings. The summed E-state index contributed by atoms with van der Waals surface area (Å²) < 4.78 is 7.08. The summed E-state index contributed by atoms with van der Waals surface area (Å²) >= 11 is 0. The molecule has 26 heavy (non-hydrogen) atoms. The number of aryl methyl sites for hydroxylation is 1. The number of benzene rings is 1. The molecule has 1 N–H and O–H groups in total. The van der Waals surface area contributed by atoms with Crippen molar-refractivity contribution in [2.45, 2.75) is 19.3 Å². The van der Waals surface area contributed by atoms with Crippen LogP contribution in [0, 0.1) is 11.8 Å². The van der Waals surface area contributed by atoms with Crippen LogP contribution in [0.15, 0.2) is 30.6 Å². The van der Waals surface area contributed by atoms with Gasteiger partial charge < -0.3 is 14.6 Å². The van der Waals surface area contributed by atoms with Crippen LogP contribution in [-0.2, 0) is 23.1 Å². The highest BCUT2D eigenvalue weighted by Crippen LogP contribution is 2.36. The summed E-state index contributed by atoms with van der Waals surface area (Å²) in [5, 5.41) is 2.85. The molecule has 0 unspecified atom stereocenters. The molecular formula is C19H22N4O3. The van der Waals surface area contributed by atoms with Crippen molar-refractivity contribution in [3.05, 3.63) is 36.3 Å². The Kier molecular flexibility index (Phi) is 4.14. The number of nitrogens with zero attached hydrogens (tertiary/aromatic N) is 3. The first kappa shape index (κ1) is 16.6. The van der Waals surface area contributed by atoms with Crippen molar-refractivity contribution in [2.24, 2.45) is 18.9 Å². The first-order chi connectivity index (χ1) is 12.6. The van der Waals surface area contributed by atoms with Crippen molar-refractivity contribution in [1.29, 1.82) is 0 Å². The van der Waals surface area contributed by atoms with E-state index in [4.69, 9.17) is 4.74 Å². The first-order valence-corrected chi connectivity index (χ1v) is 8.83. The third-order valence-electron chi connectivity index (χ3n) is 5.05. The third-order valence-corrected chi connectivity index (χ3v) is 5.05. The Morgan fingerprint density at radius 3 is 2.92 bits per heavy atom. The summed E-state index contributed by atoms with van der Waals surface area (Å²) in [4.78, 5) is 31.9. The summed E-state index contributed by atoms with van der Waals surface area (Å²) in [6.07, 6.45) is 4.33. The maximum absolute atomic E-state index is 13.0. The molecular weight excluding hydrogens is 332 g/mol. The number of carbonyl (C=O) groups is 2. The molecule has 0 spiro atoms. The maximum atomic E-state index is 13.0. The molecule has 1 aliphatic heterocycles. The fourth-order valence-corrected chi connectivity index (χ4v) is 3.35. The van der Waals surface area contributed by atoms with Gasteiger partial charge in [-0.3, -0.25) is 14.5 Å². The number of amides is 2. The van der Waals surface area contributed by atoms with Crippen LogP contribution in [0.25, 0.3) is 0 Å². The van der Waals surface area contributed by atoms with Crippen LogP contribution in [0.3, 0.4) is 0 Å². The van der Waals surface area contributed by atoms with Crippen molar-refractivity contribution in [3.63, 3.8) is 0 Å². The number of nitrogens with one attached hydrogen (secondary N) is 1. The zero-order chi connectivity index (χ0) is 18.3. The van der Waals surface area contributed by atoms with Gasteiger partial charge >= 0.3 is 0 Å². The molecule has 0 saturated heterocycles. The highest BCUT2D eigenvalue weighted by molar-refractivity contribution is 6.13. The topological polar surface area (TPSA) is 76.5 Å². The van der Waals surface area contributed by atoms with E-state index in [1.807, 2.05) is 11.6 Å². The van der Waals surface area contributed by atoms with E-state index in [0.717, 1.165) is 18.5 Å². The summed E-state index contributed by atoms with van der Waals surface area (Å²) in [6.45, 7) is 0.645. The van der Waals surface area contributed by atoms with E-state index in [2.05, 4.69) is 10.3 Å². The van der Waals surface area contributed by atoms with Crippen LogP contribution in [0.5, 0.6) is 5.75 Å². The summed E-state index contributed by atoms with van der Waals surface area (Å²) in [6, 6.07) is 7.13. The molecule has 0 bridgehead atoms. The summed E-state index contributed by atoms with van der Waals surface area (Å²) in [5.41, 5.74) is 1.54. The molecule has 7 nitrogen and oxygen atoms in total. The van der Waals surface area contributed by atoms with Gasteiger partial charge in [-0.05, 0) is 30.9 Å². The Hall–Kier alpha value is -2.83. The van der Waals surface area contributed by atoms with Crippen LogP contribution in [0.4, 0.5) is 11.5 Å². The number of anilines is 2. The highest BCUT2D eigenvalue weighted by atomic mass is 16.5. The average Bonchev–Trinajstić information content (AvgIpc) is 3.39. The molecule has 7 heteroatoms. The fraction of sp³-hybridized carbons (Fsp3) is 0.421. The van der Waals surface area contributed by atoms with E-state index >= 15 is 0 Å². The van der Waals surface area contributed by atoms with E-state index in [1.165, 1.54) is 0 Å². The SMILES string of the molecule is COc1cccc(NC(=O)[C@H]2Cc3c(ncn3C)N(CC3CC3)C2=O)c1. The minimum absolute atomic E-state index is 0.163.